The van der Waals surface area contributed by atoms with Gasteiger partial charge in [-0.15, -0.1) is 6.58 Å². The molecule has 0 aliphatic heterocycles. The lowest BCUT2D eigenvalue weighted by Gasteiger charge is -2.27. The first-order valence-corrected chi connectivity index (χ1v) is 4.99. The summed E-state index contributed by atoms with van der Waals surface area (Å²) < 4.78 is 0. The summed E-state index contributed by atoms with van der Waals surface area (Å²) in [5, 5.41) is 0. The van der Waals surface area contributed by atoms with Gasteiger partial charge in [0, 0.05) is 0 Å². The Morgan fingerprint density at radius 2 is 2.09 bits per heavy atom. The van der Waals surface area contributed by atoms with Crippen LogP contribution in [-0.4, -0.2) is 0 Å². The summed E-state index contributed by atoms with van der Waals surface area (Å²) in [5.74, 6) is 3.94. The first-order valence-electron chi connectivity index (χ1n) is 4.99. The zero-order valence-corrected chi connectivity index (χ0v) is 7.42. The summed E-state index contributed by atoms with van der Waals surface area (Å²) in [6.07, 6.45) is 8.09. The van der Waals surface area contributed by atoms with Crippen LogP contribution < -0.4 is 0 Å². The molecular formula is C11H18. The number of rotatable bonds is 2. The minimum Gasteiger partial charge on any atom is -0.103 e. The molecule has 2 bridgehead atoms. The molecule has 2 aliphatic carbocycles. The van der Waals surface area contributed by atoms with Crippen LogP contribution in [0.2, 0.25) is 0 Å². The van der Waals surface area contributed by atoms with Crippen molar-refractivity contribution < 1.29 is 0 Å². The van der Waals surface area contributed by atoms with Gasteiger partial charge in [-0.25, -0.2) is 0 Å². The molecule has 0 nitrogen and oxygen atoms in total. The third-order valence-corrected chi connectivity index (χ3v) is 3.90. The highest BCUT2D eigenvalue weighted by molar-refractivity contribution is 5.02. The van der Waals surface area contributed by atoms with Gasteiger partial charge in [-0.2, -0.15) is 0 Å². The van der Waals surface area contributed by atoms with E-state index in [2.05, 4.69) is 19.6 Å². The highest BCUT2D eigenvalue weighted by atomic mass is 14.5. The average Bonchev–Trinajstić information content (AvgIpc) is 2.60. The lowest BCUT2D eigenvalue weighted by molar-refractivity contribution is 0.259. The van der Waals surface area contributed by atoms with E-state index in [1.165, 1.54) is 25.7 Å². The van der Waals surface area contributed by atoms with Crippen molar-refractivity contribution in [1.82, 2.24) is 0 Å². The van der Waals surface area contributed by atoms with Gasteiger partial charge in [0.15, 0.2) is 0 Å². The van der Waals surface area contributed by atoms with Crippen molar-refractivity contribution in [2.45, 2.75) is 32.6 Å². The van der Waals surface area contributed by atoms with Gasteiger partial charge in [0.25, 0.3) is 0 Å². The molecule has 2 aliphatic rings. The summed E-state index contributed by atoms with van der Waals surface area (Å²) in [4.78, 5) is 0. The summed E-state index contributed by atoms with van der Waals surface area (Å²) in [6, 6.07) is 0. The van der Waals surface area contributed by atoms with E-state index in [0.29, 0.717) is 0 Å². The van der Waals surface area contributed by atoms with E-state index in [4.69, 9.17) is 0 Å². The quantitative estimate of drug-likeness (QED) is 0.530. The van der Waals surface area contributed by atoms with E-state index in [1.54, 1.807) is 0 Å². The van der Waals surface area contributed by atoms with E-state index in [0.717, 1.165) is 23.7 Å². The molecule has 4 atom stereocenters. The lowest BCUT2D eigenvalue weighted by Crippen LogP contribution is -2.19. The van der Waals surface area contributed by atoms with Crippen molar-refractivity contribution >= 4 is 0 Å². The molecule has 11 heavy (non-hydrogen) atoms. The Hall–Kier alpha value is -0.260. The molecule has 0 aromatic rings. The maximum atomic E-state index is 3.96. The minimum absolute atomic E-state index is 0.874. The molecule has 2 saturated carbocycles. The van der Waals surface area contributed by atoms with Crippen molar-refractivity contribution in [3.8, 4) is 0 Å². The van der Waals surface area contributed by atoms with Crippen molar-refractivity contribution in [3.05, 3.63) is 12.7 Å². The Kier molecular flexibility index (Phi) is 1.78. The van der Waals surface area contributed by atoms with Gasteiger partial charge in [-0.1, -0.05) is 19.4 Å². The fourth-order valence-corrected chi connectivity index (χ4v) is 3.43. The second-order valence-electron chi connectivity index (χ2n) is 4.22. The van der Waals surface area contributed by atoms with Crippen LogP contribution in [0.4, 0.5) is 0 Å². The summed E-state index contributed by atoms with van der Waals surface area (Å²) in [6.45, 7) is 6.29. The minimum atomic E-state index is 0.874. The Morgan fingerprint density at radius 3 is 2.64 bits per heavy atom. The van der Waals surface area contributed by atoms with Crippen molar-refractivity contribution in [1.29, 1.82) is 0 Å². The van der Waals surface area contributed by atoms with Crippen LogP contribution >= 0.6 is 0 Å². The predicted molar refractivity (Wildman–Crippen MR) is 48.3 cm³/mol. The largest absolute Gasteiger partial charge is 0.103 e. The standard InChI is InChI=1S/C11H18/c1-3-10-8-5-6-9(7-8)11(10)4-2/h3,8-11H,1,4-7H2,2H3/t8-,9+,10+,11-/m0/s1. The van der Waals surface area contributed by atoms with Gasteiger partial charge in [0.2, 0.25) is 0 Å². The lowest BCUT2D eigenvalue weighted by atomic mass is 9.78. The number of fused-ring (bicyclic) bond motifs is 2. The molecule has 0 aromatic carbocycles. The number of hydrogen-bond acceptors (Lipinski definition) is 0. The second kappa shape index (κ2) is 2.66. The zero-order valence-electron chi connectivity index (χ0n) is 7.42. The molecule has 2 fully saturated rings. The topological polar surface area (TPSA) is 0 Å². The van der Waals surface area contributed by atoms with E-state index in [1.807, 2.05) is 0 Å². The normalized spacial score (nSPS) is 48.1. The van der Waals surface area contributed by atoms with Crippen LogP contribution in [0.25, 0.3) is 0 Å². The predicted octanol–water partition coefficient (Wildman–Crippen LogP) is 3.24. The molecule has 0 heteroatoms. The second-order valence-corrected chi connectivity index (χ2v) is 4.22. The Bertz CT molecular complexity index is 159. The monoisotopic (exact) mass is 150 g/mol. The fourth-order valence-electron chi connectivity index (χ4n) is 3.43. The van der Waals surface area contributed by atoms with Gasteiger partial charge in [0.1, 0.15) is 0 Å². The van der Waals surface area contributed by atoms with Crippen molar-refractivity contribution in [2.24, 2.45) is 23.7 Å². The first-order chi connectivity index (χ1) is 5.36. The van der Waals surface area contributed by atoms with Crippen LogP contribution in [0.1, 0.15) is 32.6 Å². The van der Waals surface area contributed by atoms with E-state index in [-0.39, 0.29) is 0 Å². The molecule has 0 spiro atoms. The van der Waals surface area contributed by atoms with Gasteiger partial charge < -0.3 is 0 Å². The SMILES string of the molecule is C=C[C@@H]1[C@H]2CC[C@H](C2)[C@@H]1CC. The highest BCUT2D eigenvalue weighted by Gasteiger charge is 2.44. The molecule has 0 heterocycles. The molecule has 0 aromatic heterocycles. The van der Waals surface area contributed by atoms with Gasteiger partial charge >= 0.3 is 0 Å². The maximum absolute atomic E-state index is 3.96. The summed E-state index contributed by atoms with van der Waals surface area (Å²) in [5.41, 5.74) is 0. The molecule has 0 unspecified atom stereocenters. The first kappa shape index (κ1) is 7.39. The molecule has 62 valence electrons. The van der Waals surface area contributed by atoms with Gasteiger partial charge in [-0.3, -0.25) is 0 Å². The molecule has 0 radical (unpaired) electrons. The average molecular weight is 150 g/mol. The van der Waals surface area contributed by atoms with E-state index in [9.17, 15) is 0 Å². The third-order valence-electron chi connectivity index (χ3n) is 3.90. The third kappa shape index (κ3) is 0.953. The van der Waals surface area contributed by atoms with Crippen LogP contribution in [0.3, 0.4) is 0 Å². The van der Waals surface area contributed by atoms with Crippen LogP contribution in [0.15, 0.2) is 12.7 Å². The zero-order chi connectivity index (χ0) is 7.84. The Balaban J connectivity index is 2.13. The van der Waals surface area contributed by atoms with E-state index < -0.39 is 0 Å². The van der Waals surface area contributed by atoms with Crippen molar-refractivity contribution in [2.75, 3.05) is 0 Å². The fraction of sp³-hybridized carbons (Fsp3) is 0.818. The van der Waals surface area contributed by atoms with Crippen molar-refractivity contribution in [3.63, 3.8) is 0 Å². The maximum Gasteiger partial charge on any atom is -0.0177 e. The molecule has 0 saturated heterocycles. The highest BCUT2D eigenvalue weighted by Crippen LogP contribution is 2.53. The molecular weight excluding hydrogens is 132 g/mol. The number of hydrogen-bond donors (Lipinski definition) is 0. The van der Waals surface area contributed by atoms with Gasteiger partial charge in [0.05, 0.1) is 0 Å². The van der Waals surface area contributed by atoms with E-state index >= 15 is 0 Å². The van der Waals surface area contributed by atoms with Gasteiger partial charge in [-0.05, 0) is 42.9 Å². The Morgan fingerprint density at radius 1 is 1.36 bits per heavy atom. The Labute approximate surface area is 69.7 Å². The summed E-state index contributed by atoms with van der Waals surface area (Å²) >= 11 is 0. The van der Waals surface area contributed by atoms with Crippen LogP contribution in [0, 0.1) is 23.7 Å². The smallest absolute Gasteiger partial charge is 0.0177 e. The number of allylic oxidation sites excluding steroid dienone is 1. The molecule has 2 rings (SSSR count). The summed E-state index contributed by atoms with van der Waals surface area (Å²) in [7, 11) is 0. The van der Waals surface area contributed by atoms with Crippen LogP contribution in [-0.2, 0) is 0 Å². The molecule has 0 amide bonds. The molecule has 0 N–H and O–H groups in total. The van der Waals surface area contributed by atoms with Crippen LogP contribution in [0.5, 0.6) is 0 Å².